The minimum absolute atomic E-state index is 0.106. The first-order valence-electron chi connectivity index (χ1n) is 5.00. The standard InChI is InChI=1S/C10H13F2N3/c1-8-7-15(6-4-10(8,11)12)9-3-2-5-13-14-9/h2-3,5,8H,4,6-7H2,1H3/t8-/m1/s1. The fraction of sp³-hybridized carbons (Fsp3) is 0.600. The van der Waals surface area contributed by atoms with E-state index in [0.717, 1.165) is 0 Å². The molecule has 1 aromatic rings. The Bertz CT molecular complexity index is 329. The third-order valence-electron chi connectivity index (χ3n) is 2.81. The Labute approximate surface area is 87.1 Å². The second-order valence-corrected chi connectivity index (χ2v) is 3.94. The Balaban J connectivity index is 2.10. The van der Waals surface area contributed by atoms with Crippen molar-refractivity contribution in [1.82, 2.24) is 10.2 Å². The number of rotatable bonds is 1. The number of anilines is 1. The molecule has 0 aromatic carbocycles. The van der Waals surface area contributed by atoms with Crippen molar-refractivity contribution in [3.05, 3.63) is 18.3 Å². The highest BCUT2D eigenvalue weighted by atomic mass is 19.3. The predicted octanol–water partition coefficient (Wildman–Crippen LogP) is 1.96. The van der Waals surface area contributed by atoms with Crippen molar-refractivity contribution in [3.63, 3.8) is 0 Å². The van der Waals surface area contributed by atoms with Crippen LogP contribution in [0.2, 0.25) is 0 Å². The summed E-state index contributed by atoms with van der Waals surface area (Å²) in [5.41, 5.74) is 0. The van der Waals surface area contributed by atoms with Gasteiger partial charge in [-0.05, 0) is 12.1 Å². The van der Waals surface area contributed by atoms with Gasteiger partial charge in [0.2, 0.25) is 0 Å². The highest BCUT2D eigenvalue weighted by molar-refractivity contribution is 5.37. The van der Waals surface area contributed by atoms with Crippen LogP contribution in [0.5, 0.6) is 0 Å². The fourth-order valence-corrected chi connectivity index (χ4v) is 1.76. The van der Waals surface area contributed by atoms with Gasteiger partial charge < -0.3 is 4.90 Å². The highest BCUT2D eigenvalue weighted by Gasteiger charge is 2.41. The van der Waals surface area contributed by atoms with Crippen LogP contribution in [-0.4, -0.2) is 29.2 Å². The monoisotopic (exact) mass is 213 g/mol. The van der Waals surface area contributed by atoms with Crippen molar-refractivity contribution in [2.75, 3.05) is 18.0 Å². The molecule has 0 N–H and O–H groups in total. The van der Waals surface area contributed by atoms with Crippen LogP contribution in [0.1, 0.15) is 13.3 Å². The molecule has 1 fully saturated rings. The maximum atomic E-state index is 13.2. The van der Waals surface area contributed by atoms with Gasteiger partial charge in [-0.1, -0.05) is 6.92 Å². The summed E-state index contributed by atoms with van der Waals surface area (Å²) in [4.78, 5) is 1.86. The summed E-state index contributed by atoms with van der Waals surface area (Å²) >= 11 is 0. The molecule has 0 bridgehead atoms. The van der Waals surface area contributed by atoms with Crippen LogP contribution in [0, 0.1) is 5.92 Å². The second kappa shape index (κ2) is 3.72. The van der Waals surface area contributed by atoms with Crippen LogP contribution in [-0.2, 0) is 0 Å². The first kappa shape index (κ1) is 10.3. The summed E-state index contributed by atoms with van der Waals surface area (Å²) < 4.78 is 26.4. The molecule has 0 spiro atoms. The summed E-state index contributed by atoms with van der Waals surface area (Å²) in [5.74, 6) is -2.49. The Morgan fingerprint density at radius 1 is 1.53 bits per heavy atom. The summed E-state index contributed by atoms with van der Waals surface area (Å²) in [6.45, 7) is 2.25. The lowest BCUT2D eigenvalue weighted by atomic mass is 9.95. The van der Waals surface area contributed by atoms with Gasteiger partial charge in [-0.25, -0.2) is 8.78 Å². The molecule has 3 nitrogen and oxygen atoms in total. The average Bonchev–Trinajstić information content (AvgIpc) is 2.23. The molecule has 1 atom stereocenters. The minimum atomic E-state index is -2.54. The molecule has 1 aliphatic rings. The molecule has 1 aromatic heterocycles. The van der Waals surface area contributed by atoms with Crippen LogP contribution in [0.15, 0.2) is 18.3 Å². The van der Waals surface area contributed by atoms with Gasteiger partial charge in [0, 0.05) is 31.6 Å². The molecule has 2 rings (SSSR count). The molecule has 0 saturated carbocycles. The van der Waals surface area contributed by atoms with Crippen molar-refractivity contribution in [2.45, 2.75) is 19.3 Å². The third-order valence-corrected chi connectivity index (χ3v) is 2.81. The molecule has 0 unspecified atom stereocenters. The Kier molecular flexibility index (Phi) is 2.54. The first-order chi connectivity index (χ1) is 7.09. The molecule has 1 saturated heterocycles. The predicted molar refractivity (Wildman–Crippen MR) is 53.0 cm³/mol. The van der Waals surface area contributed by atoms with Crippen molar-refractivity contribution >= 4 is 5.82 Å². The summed E-state index contributed by atoms with van der Waals surface area (Å²) in [7, 11) is 0. The first-order valence-corrected chi connectivity index (χ1v) is 5.00. The van der Waals surface area contributed by atoms with Crippen LogP contribution in [0.25, 0.3) is 0 Å². The topological polar surface area (TPSA) is 29.0 Å². The van der Waals surface area contributed by atoms with E-state index in [1.54, 1.807) is 25.3 Å². The zero-order valence-electron chi connectivity index (χ0n) is 8.53. The molecule has 0 amide bonds. The molecular formula is C10H13F2N3. The van der Waals surface area contributed by atoms with Crippen molar-refractivity contribution < 1.29 is 8.78 Å². The molecule has 1 aliphatic heterocycles. The maximum Gasteiger partial charge on any atom is 0.254 e. The van der Waals surface area contributed by atoms with Gasteiger partial charge in [-0.15, -0.1) is 5.10 Å². The SMILES string of the molecule is C[C@@H]1CN(c2cccnn2)CCC1(F)F. The van der Waals surface area contributed by atoms with E-state index in [2.05, 4.69) is 10.2 Å². The zero-order valence-corrected chi connectivity index (χ0v) is 8.53. The number of hydrogen-bond acceptors (Lipinski definition) is 3. The lowest BCUT2D eigenvalue weighted by molar-refractivity contribution is -0.0652. The van der Waals surface area contributed by atoms with Gasteiger partial charge in [0.05, 0.1) is 0 Å². The van der Waals surface area contributed by atoms with Crippen LogP contribution in [0.3, 0.4) is 0 Å². The molecule has 0 radical (unpaired) electrons. The summed E-state index contributed by atoms with van der Waals surface area (Å²) in [6.07, 6.45) is 1.47. The quantitative estimate of drug-likeness (QED) is 0.714. The van der Waals surface area contributed by atoms with E-state index in [1.165, 1.54) is 0 Å². The Morgan fingerprint density at radius 2 is 2.33 bits per heavy atom. The van der Waals surface area contributed by atoms with Crippen molar-refractivity contribution in [2.24, 2.45) is 5.92 Å². The molecular weight excluding hydrogens is 200 g/mol. The molecule has 15 heavy (non-hydrogen) atoms. The Morgan fingerprint density at radius 3 is 2.93 bits per heavy atom. The van der Waals surface area contributed by atoms with Gasteiger partial charge in [-0.2, -0.15) is 5.10 Å². The van der Waals surface area contributed by atoms with Crippen LogP contribution < -0.4 is 4.90 Å². The number of hydrogen-bond donors (Lipinski definition) is 0. The number of nitrogens with zero attached hydrogens (tertiary/aromatic N) is 3. The molecule has 2 heterocycles. The van der Waals surface area contributed by atoms with E-state index >= 15 is 0 Å². The highest BCUT2D eigenvalue weighted by Crippen LogP contribution is 2.34. The molecule has 82 valence electrons. The van der Waals surface area contributed by atoms with E-state index in [4.69, 9.17) is 0 Å². The number of alkyl halides is 2. The summed E-state index contributed by atoms with van der Waals surface area (Å²) in [5, 5.41) is 7.66. The van der Waals surface area contributed by atoms with Gasteiger partial charge in [-0.3, -0.25) is 0 Å². The molecule has 5 heteroatoms. The molecule has 0 aliphatic carbocycles. The smallest absolute Gasteiger partial charge is 0.254 e. The van der Waals surface area contributed by atoms with Crippen LogP contribution in [0.4, 0.5) is 14.6 Å². The van der Waals surface area contributed by atoms with E-state index in [-0.39, 0.29) is 6.42 Å². The van der Waals surface area contributed by atoms with Gasteiger partial charge in [0.25, 0.3) is 5.92 Å². The fourth-order valence-electron chi connectivity index (χ4n) is 1.76. The van der Waals surface area contributed by atoms with Gasteiger partial charge in [0.15, 0.2) is 5.82 Å². The number of piperidine rings is 1. The number of aromatic nitrogens is 2. The Hall–Kier alpha value is -1.26. The average molecular weight is 213 g/mol. The second-order valence-electron chi connectivity index (χ2n) is 3.94. The van der Waals surface area contributed by atoms with Gasteiger partial charge in [0.1, 0.15) is 0 Å². The van der Waals surface area contributed by atoms with E-state index in [0.29, 0.717) is 18.9 Å². The van der Waals surface area contributed by atoms with Crippen molar-refractivity contribution in [3.8, 4) is 0 Å². The number of halogens is 2. The third kappa shape index (κ3) is 2.06. The van der Waals surface area contributed by atoms with E-state index < -0.39 is 11.8 Å². The lowest BCUT2D eigenvalue weighted by Crippen LogP contribution is -2.46. The lowest BCUT2D eigenvalue weighted by Gasteiger charge is -2.36. The van der Waals surface area contributed by atoms with Crippen LogP contribution >= 0.6 is 0 Å². The van der Waals surface area contributed by atoms with E-state index in [9.17, 15) is 8.78 Å². The zero-order chi connectivity index (χ0) is 10.9. The largest absolute Gasteiger partial charge is 0.354 e. The van der Waals surface area contributed by atoms with E-state index in [1.807, 2.05) is 4.90 Å². The summed E-state index contributed by atoms with van der Waals surface area (Å²) in [6, 6.07) is 3.56. The van der Waals surface area contributed by atoms with Gasteiger partial charge >= 0.3 is 0 Å². The van der Waals surface area contributed by atoms with Crippen molar-refractivity contribution in [1.29, 1.82) is 0 Å². The normalized spacial score (nSPS) is 25.3. The maximum absolute atomic E-state index is 13.2. The minimum Gasteiger partial charge on any atom is -0.354 e.